The van der Waals surface area contributed by atoms with Gasteiger partial charge in [-0.1, -0.05) is 12.1 Å². The summed E-state index contributed by atoms with van der Waals surface area (Å²) < 4.78 is 20.1. The van der Waals surface area contributed by atoms with Gasteiger partial charge in [0.2, 0.25) is 6.10 Å². The molecule has 1 aliphatic rings. The second-order valence-corrected chi connectivity index (χ2v) is 4.42. The van der Waals surface area contributed by atoms with Gasteiger partial charge in [0.25, 0.3) is 5.91 Å². The van der Waals surface area contributed by atoms with Crippen LogP contribution in [0.5, 0.6) is 11.5 Å². The zero-order valence-corrected chi connectivity index (χ0v) is 12.0. The van der Waals surface area contributed by atoms with Crippen molar-refractivity contribution in [3.8, 4) is 11.5 Å². The first-order valence-corrected chi connectivity index (χ1v) is 6.49. The van der Waals surface area contributed by atoms with E-state index in [0.717, 1.165) is 7.11 Å². The molecule has 0 fully saturated rings. The Morgan fingerprint density at radius 3 is 2.64 bits per heavy atom. The Balaban J connectivity index is 1.90. The molecule has 2 amide bonds. The van der Waals surface area contributed by atoms with Gasteiger partial charge in [0.15, 0.2) is 17.6 Å². The molecule has 8 heteroatoms. The number of imide groups is 1. The molecule has 0 aliphatic carbocycles. The Bertz CT molecular complexity index is 586. The molecular formula is C14H15NO7. The maximum atomic E-state index is 12.0. The number of hydrogen-bond acceptors (Lipinski definition) is 7. The number of methoxy groups -OCH3 is 1. The fourth-order valence-electron chi connectivity index (χ4n) is 1.69. The molecule has 0 aromatic heterocycles. The third-order valence-corrected chi connectivity index (χ3v) is 2.84. The molecule has 0 bridgehead atoms. The van der Waals surface area contributed by atoms with E-state index in [2.05, 4.69) is 4.74 Å². The van der Waals surface area contributed by atoms with Crippen molar-refractivity contribution in [2.24, 2.45) is 0 Å². The van der Waals surface area contributed by atoms with Crippen molar-refractivity contribution >= 4 is 18.0 Å². The summed E-state index contributed by atoms with van der Waals surface area (Å²) in [5.74, 6) is -0.607. The lowest BCUT2D eigenvalue weighted by atomic mass is 10.2. The number of benzene rings is 1. The molecule has 1 aromatic rings. The third-order valence-electron chi connectivity index (χ3n) is 2.84. The van der Waals surface area contributed by atoms with Crippen LogP contribution in [0.3, 0.4) is 0 Å². The molecule has 0 radical (unpaired) electrons. The van der Waals surface area contributed by atoms with Crippen molar-refractivity contribution in [1.82, 2.24) is 5.32 Å². The van der Waals surface area contributed by atoms with E-state index in [-0.39, 0.29) is 6.61 Å². The lowest BCUT2D eigenvalue weighted by Gasteiger charge is -2.25. The third kappa shape index (κ3) is 3.66. The lowest BCUT2D eigenvalue weighted by Crippen LogP contribution is -2.44. The molecule has 2 atom stereocenters. The van der Waals surface area contributed by atoms with Gasteiger partial charge in [-0.05, 0) is 19.1 Å². The minimum atomic E-state index is -1.17. The Morgan fingerprint density at radius 2 is 1.95 bits per heavy atom. The SMILES string of the molecule is COC(=O)NC(=O)[C@@H](C)OC(=O)[C@H]1COc2ccccc2O1. The molecular weight excluding hydrogens is 294 g/mol. The standard InChI is InChI=1S/C14H15NO7/c1-8(12(16)15-14(18)19-2)21-13(17)11-7-20-9-5-3-4-6-10(9)22-11/h3-6,8,11H,7H2,1-2H3,(H,15,16,18)/t8-,11-/m1/s1. The number of carbonyl (C=O) groups is 3. The highest BCUT2D eigenvalue weighted by molar-refractivity contribution is 5.95. The summed E-state index contributed by atoms with van der Waals surface area (Å²) in [7, 11) is 1.12. The number of fused-ring (bicyclic) bond motifs is 1. The highest BCUT2D eigenvalue weighted by Gasteiger charge is 2.31. The van der Waals surface area contributed by atoms with Crippen LogP contribution < -0.4 is 14.8 Å². The van der Waals surface area contributed by atoms with Crippen LogP contribution in [0.25, 0.3) is 0 Å². The van der Waals surface area contributed by atoms with E-state index in [4.69, 9.17) is 14.2 Å². The van der Waals surface area contributed by atoms with Gasteiger partial charge in [-0.3, -0.25) is 10.1 Å². The summed E-state index contributed by atoms with van der Waals surface area (Å²) in [6.07, 6.45) is -3.09. The van der Waals surface area contributed by atoms with Crippen LogP contribution in [0.15, 0.2) is 24.3 Å². The van der Waals surface area contributed by atoms with E-state index < -0.39 is 30.2 Å². The Morgan fingerprint density at radius 1 is 1.27 bits per heavy atom. The van der Waals surface area contributed by atoms with Crippen molar-refractivity contribution in [3.05, 3.63) is 24.3 Å². The Kier molecular flexibility index (Phi) is 4.82. The quantitative estimate of drug-likeness (QED) is 0.818. The van der Waals surface area contributed by atoms with Crippen LogP contribution >= 0.6 is 0 Å². The van der Waals surface area contributed by atoms with Crippen molar-refractivity contribution in [2.75, 3.05) is 13.7 Å². The molecule has 1 aromatic carbocycles. The summed E-state index contributed by atoms with van der Waals surface area (Å²) >= 11 is 0. The number of ether oxygens (including phenoxy) is 4. The van der Waals surface area contributed by atoms with E-state index in [0.29, 0.717) is 11.5 Å². The molecule has 0 saturated carbocycles. The van der Waals surface area contributed by atoms with Crippen LogP contribution in [0.4, 0.5) is 4.79 Å². The second-order valence-electron chi connectivity index (χ2n) is 4.42. The van der Waals surface area contributed by atoms with Crippen LogP contribution in [0.1, 0.15) is 6.92 Å². The zero-order valence-electron chi connectivity index (χ0n) is 12.0. The van der Waals surface area contributed by atoms with E-state index in [9.17, 15) is 14.4 Å². The van der Waals surface area contributed by atoms with Gasteiger partial charge in [-0.15, -0.1) is 0 Å². The predicted octanol–water partition coefficient (Wildman–Crippen LogP) is 0.641. The van der Waals surface area contributed by atoms with Crippen molar-refractivity contribution in [3.63, 3.8) is 0 Å². The lowest BCUT2D eigenvalue weighted by molar-refractivity contribution is -0.163. The Hall–Kier alpha value is -2.77. The first kappa shape index (κ1) is 15.6. The van der Waals surface area contributed by atoms with Crippen molar-refractivity contribution in [1.29, 1.82) is 0 Å². The fraction of sp³-hybridized carbons (Fsp3) is 0.357. The topological polar surface area (TPSA) is 100 Å². The molecule has 2 rings (SSSR count). The number of alkyl carbamates (subject to hydrolysis) is 1. The molecule has 1 aliphatic heterocycles. The maximum Gasteiger partial charge on any atom is 0.413 e. The number of carbonyl (C=O) groups excluding carboxylic acids is 3. The van der Waals surface area contributed by atoms with Gasteiger partial charge < -0.3 is 18.9 Å². The molecule has 1 N–H and O–H groups in total. The summed E-state index contributed by atoms with van der Waals surface area (Å²) in [5, 5.41) is 1.90. The minimum Gasteiger partial charge on any atom is -0.485 e. The van der Waals surface area contributed by atoms with Gasteiger partial charge in [0.05, 0.1) is 7.11 Å². The largest absolute Gasteiger partial charge is 0.485 e. The number of hydrogen-bond donors (Lipinski definition) is 1. The van der Waals surface area contributed by atoms with Gasteiger partial charge in [-0.25, -0.2) is 9.59 Å². The van der Waals surface area contributed by atoms with Crippen LogP contribution in [0, 0.1) is 0 Å². The summed E-state index contributed by atoms with van der Waals surface area (Å²) in [6, 6.07) is 6.88. The average molecular weight is 309 g/mol. The first-order valence-electron chi connectivity index (χ1n) is 6.49. The van der Waals surface area contributed by atoms with Gasteiger partial charge in [0, 0.05) is 0 Å². The van der Waals surface area contributed by atoms with Crippen LogP contribution in [-0.4, -0.2) is 43.9 Å². The number of rotatable bonds is 3. The Labute approximate surface area is 126 Å². The fourth-order valence-corrected chi connectivity index (χ4v) is 1.69. The monoisotopic (exact) mass is 309 g/mol. The van der Waals surface area contributed by atoms with E-state index in [1.54, 1.807) is 24.3 Å². The van der Waals surface area contributed by atoms with E-state index >= 15 is 0 Å². The molecule has 118 valence electrons. The van der Waals surface area contributed by atoms with E-state index in [1.165, 1.54) is 6.92 Å². The van der Waals surface area contributed by atoms with Gasteiger partial charge >= 0.3 is 12.1 Å². The molecule has 0 saturated heterocycles. The predicted molar refractivity (Wildman–Crippen MR) is 72.5 cm³/mol. The van der Waals surface area contributed by atoms with Crippen molar-refractivity contribution < 1.29 is 33.3 Å². The smallest absolute Gasteiger partial charge is 0.413 e. The number of esters is 1. The molecule has 1 heterocycles. The van der Waals surface area contributed by atoms with Crippen LogP contribution in [0.2, 0.25) is 0 Å². The summed E-state index contributed by atoms with van der Waals surface area (Å²) in [6.45, 7) is 1.30. The molecule has 8 nitrogen and oxygen atoms in total. The van der Waals surface area contributed by atoms with Gasteiger partial charge in [-0.2, -0.15) is 0 Å². The highest BCUT2D eigenvalue weighted by atomic mass is 16.6. The summed E-state index contributed by atoms with van der Waals surface area (Å²) in [5.41, 5.74) is 0. The van der Waals surface area contributed by atoms with Gasteiger partial charge in [0.1, 0.15) is 6.61 Å². The summed E-state index contributed by atoms with van der Waals surface area (Å²) in [4.78, 5) is 34.4. The average Bonchev–Trinajstić information content (AvgIpc) is 2.53. The molecule has 0 unspecified atom stereocenters. The zero-order chi connectivity index (χ0) is 16.1. The number of nitrogens with one attached hydrogen (secondary N) is 1. The van der Waals surface area contributed by atoms with Crippen LogP contribution in [-0.2, 0) is 19.1 Å². The molecule has 22 heavy (non-hydrogen) atoms. The first-order chi connectivity index (χ1) is 10.5. The normalized spacial score (nSPS) is 17.1. The number of amides is 2. The molecule has 0 spiro atoms. The highest BCUT2D eigenvalue weighted by Crippen LogP contribution is 2.31. The number of para-hydroxylation sites is 2. The second kappa shape index (κ2) is 6.79. The van der Waals surface area contributed by atoms with Crippen molar-refractivity contribution in [2.45, 2.75) is 19.1 Å². The minimum absolute atomic E-state index is 0.0266. The maximum absolute atomic E-state index is 12.0. The van der Waals surface area contributed by atoms with E-state index in [1.807, 2.05) is 5.32 Å².